The van der Waals surface area contributed by atoms with Gasteiger partial charge in [-0.2, -0.15) is 11.3 Å². The Bertz CT molecular complexity index is 3270. The van der Waals surface area contributed by atoms with Crippen molar-refractivity contribution in [2.24, 2.45) is 0 Å². The summed E-state index contributed by atoms with van der Waals surface area (Å²) in [5, 5.41) is 4.07. The minimum Gasteiger partial charge on any atom is -0.331 e. The summed E-state index contributed by atoms with van der Waals surface area (Å²) >= 11 is -0.335. The number of aromatic nitrogens is 4. The van der Waals surface area contributed by atoms with E-state index in [1.807, 2.05) is 89.6 Å². The molecule has 10 rings (SSSR count). The van der Waals surface area contributed by atoms with Gasteiger partial charge in [0.1, 0.15) is 10.6 Å². The van der Waals surface area contributed by atoms with Crippen LogP contribution in [0.2, 0.25) is 17.3 Å². The van der Waals surface area contributed by atoms with Gasteiger partial charge in [-0.25, -0.2) is 9.37 Å². The number of rotatable bonds is 5. The Labute approximate surface area is 366 Å². The molecule has 0 unspecified atom stereocenters. The van der Waals surface area contributed by atoms with Crippen LogP contribution in [0.5, 0.6) is 0 Å². The predicted octanol–water partition coefficient (Wildman–Crippen LogP) is 12.9. The minimum atomic E-state index is -2.26. The zero-order chi connectivity index (χ0) is 44.3. The van der Waals surface area contributed by atoms with Gasteiger partial charge in [-0.15, -0.1) is 18.2 Å². The van der Waals surface area contributed by atoms with E-state index in [1.165, 1.54) is 27.9 Å². The van der Waals surface area contributed by atoms with Crippen LogP contribution in [0, 0.1) is 31.7 Å². The SMILES string of the molecule is [2H]C([2H])([2H])c1c[c-]c(-c2cc[c]([Ge]([CH3])([CH3])[CH3])cn2)cc1.[2H]C([2H])([2H])c1ccccc1-c1ccc2c(n1)sc1c(-c3nc4cccc(F)c4n3-c3ccc4ccccc4c3)[c-]ccc12.[Ir]. The van der Waals surface area contributed by atoms with Gasteiger partial charge >= 0.3 is 110 Å². The van der Waals surface area contributed by atoms with Crippen molar-refractivity contribution in [2.45, 2.75) is 31.0 Å². The van der Waals surface area contributed by atoms with Crippen molar-refractivity contribution >= 4 is 71.1 Å². The molecule has 0 aliphatic rings. The van der Waals surface area contributed by atoms with Crippen LogP contribution in [-0.2, 0) is 20.1 Å². The Morgan fingerprint density at radius 1 is 0.741 bits per heavy atom. The van der Waals surface area contributed by atoms with E-state index >= 15 is 4.39 Å². The van der Waals surface area contributed by atoms with Crippen LogP contribution in [0.25, 0.3) is 81.7 Å². The van der Waals surface area contributed by atoms with E-state index < -0.39 is 27.0 Å². The first-order valence-corrected chi connectivity index (χ1v) is 26.7. The topological polar surface area (TPSA) is 43.6 Å². The van der Waals surface area contributed by atoms with Gasteiger partial charge in [-0.05, 0) is 63.6 Å². The number of halogens is 1. The van der Waals surface area contributed by atoms with Gasteiger partial charge in [0.2, 0.25) is 0 Å². The Morgan fingerprint density at radius 2 is 1.57 bits per heavy atom. The van der Waals surface area contributed by atoms with Crippen LogP contribution in [0.3, 0.4) is 0 Å². The van der Waals surface area contributed by atoms with Gasteiger partial charge in [-0.3, -0.25) is 4.98 Å². The summed E-state index contributed by atoms with van der Waals surface area (Å²) in [6.07, 6.45) is 1.95. The number of pyridine rings is 2. The molecular formula is C50H39FGeIrN4S-2. The molecular weight excluding hydrogens is 972 g/mol. The van der Waals surface area contributed by atoms with Crippen molar-refractivity contribution in [3.8, 4) is 39.6 Å². The molecule has 0 aliphatic heterocycles. The first-order chi connectivity index (χ1) is 30.0. The van der Waals surface area contributed by atoms with Crippen LogP contribution < -0.4 is 4.40 Å². The Hall–Kier alpha value is -5.31. The van der Waals surface area contributed by atoms with Crippen LogP contribution >= 0.6 is 11.3 Å². The maximum absolute atomic E-state index is 15.5. The van der Waals surface area contributed by atoms with Gasteiger partial charge in [-0.1, -0.05) is 77.7 Å². The summed E-state index contributed by atoms with van der Waals surface area (Å²) < 4.78 is 65.7. The maximum Gasteiger partial charge on any atom is 0.148 e. The number of hydrogen-bond donors (Lipinski definition) is 0. The van der Waals surface area contributed by atoms with E-state index in [9.17, 15) is 0 Å². The number of aryl methyl sites for hydroxylation is 2. The monoisotopic (exact) mass is 1020 g/mol. The van der Waals surface area contributed by atoms with E-state index in [1.54, 1.807) is 36.4 Å². The molecule has 0 N–H and O–H groups in total. The number of hydrogen-bond acceptors (Lipinski definition) is 4. The van der Waals surface area contributed by atoms with Gasteiger partial charge < -0.3 is 4.57 Å². The van der Waals surface area contributed by atoms with Gasteiger partial charge in [0, 0.05) is 35.5 Å². The summed E-state index contributed by atoms with van der Waals surface area (Å²) in [5.41, 5.74) is 5.92. The standard InChI is InChI=1S/C35H21FN3S.C15H18GeN.Ir/c1-21-8-2-5-11-25(21)30-19-18-27-26-12-6-13-28(33(26)40-35(27)38-30)34-37-31-15-7-14-29(36)32(31)39(34)24-17-16-22-9-3-4-10-23(22)20-24;1-12-5-7-13(8-6-12)15-10-9-14(11-17-15)16(2,3)4;/h2-12,14-20H,1H3;5-7,9-11H,1-4H3;/q2*-1;/i2*1D3;. The maximum atomic E-state index is 15.5. The van der Waals surface area contributed by atoms with E-state index in [0.717, 1.165) is 53.6 Å². The molecule has 10 aromatic rings. The molecule has 287 valence electrons. The average Bonchev–Trinajstić information content (AvgIpc) is 3.85. The van der Waals surface area contributed by atoms with Crippen molar-refractivity contribution in [2.75, 3.05) is 0 Å². The molecule has 8 heteroatoms. The zero-order valence-electron chi connectivity index (χ0n) is 37.8. The van der Waals surface area contributed by atoms with E-state index in [0.29, 0.717) is 33.7 Å². The molecule has 0 bridgehead atoms. The van der Waals surface area contributed by atoms with Crippen molar-refractivity contribution in [1.29, 1.82) is 0 Å². The van der Waals surface area contributed by atoms with E-state index in [4.69, 9.17) is 18.2 Å². The Morgan fingerprint density at radius 3 is 2.34 bits per heavy atom. The van der Waals surface area contributed by atoms with Crippen molar-refractivity contribution < 1.29 is 32.7 Å². The fraction of sp³-hybridized carbons (Fsp3) is 0.100. The van der Waals surface area contributed by atoms with E-state index in [-0.39, 0.29) is 31.5 Å². The molecule has 4 aromatic heterocycles. The molecule has 0 aliphatic carbocycles. The van der Waals surface area contributed by atoms with E-state index in [2.05, 4.69) is 46.5 Å². The summed E-state index contributed by atoms with van der Waals surface area (Å²) in [6.45, 7) is -4.33. The molecule has 0 spiro atoms. The van der Waals surface area contributed by atoms with Crippen LogP contribution in [0.4, 0.5) is 4.39 Å². The van der Waals surface area contributed by atoms with Gasteiger partial charge in [0.25, 0.3) is 0 Å². The first-order valence-electron chi connectivity index (χ1n) is 21.5. The van der Waals surface area contributed by atoms with Gasteiger partial charge in [0.05, 0.1) is 22.6 Å². The predicted molar refractivity (Wildman–Crippen MR) is 240 cm³/mol. The quantitative estimate of drug-likeness (QED) is 0.127. The fourth-order valence-electron chi connectivity index (χ4n) is 7.05. The third-order valence-corrected chi connectivity index (χ3v) is 15.4. The molecule has 0 fully saturated rings. The molecule has 0 atom stereocenters. The second-order valence-electron chi connectivity index (χ2n) is 14.9. The summed E-state index contributed by atoms with van der Waals surface area (Å²) in [5.74, 6) is 7.21. The summed E-state index contributed by atoms with van der Waals surface area (Å²) in [4.78, 5) is 15.1. The number of fused-ring (bicyclic) bond motifs is 5. The summed E-state index contributed by atoms with van der Waals surface area (Å²) in [6, 6.07) is 49.2. The number of nitrogens with zero attached hydrogens (tertiary/aromatic N) is 4. The molecule has 1 radical (unpaired) electrons. The van der Waals surface area contributed by atoms with Crippen molar-refractivity contribution in [3.05, 3.63) is 175 Å². The third-order valence-electron chi connectivity index (χ3n) is 10.1. The minimum absolute atomic E-state index is 0. The number of para-hydroxylation sites is 1. The molecule has 4 heterocycles. The Kier molecular flexibility index (Phi) is 9.08. The molecule has 58 heavy (non-hydrogen) atoms. The second-order valence-corrected chi connectivity index (χ2v) is 26.5. The normalized spacial score (nSPS) is 13.4. The second kappa shape index (κ2) is 16.1. The molecule has 4 nitrogen and oxygen atoms in total. The van der Waals surface area contributed by atoms with Crippen LogP contribution in [0.15, 0.2) is 146 Å². The van der Waals surface area contributed by atoms with Crippen LogP contribution in [-0.4, -0.2) is 32.8 Å². The molecule has 0 saturated carbocycles. The van der Waals surface area contributed by atoms with Gasteiger partial charge in [0.15, 0.2) is 0 Å². The van der Waals surface area contributed by atoms with Crippen LogP contribution in [0.1, 0.15) is 19.4 Å². The largest absolute Gasteiger partial charge is 0.331 e. The molecule has 0 saturated heterocycles. The smallest absolute Gasteiger partial charge is 0.148 e. The van der Waals surface area contributed by atoms with Crippen molar-refractivity contribution in [1.82, 2.24) is 19.5 Å². The van der Waals surface area contributed by atoms with Crippen molar-refractivity contribution in [3.63, 3.8) is 0 Å². The number of benzene rings is 6. The first kappa shape index (κ1) is 32.6. The number of thiophene rings is 1. The molecule has 0 amide bonds. The Balaban J connectivity index is 0.000000225. The fourth-order valence-corrected chi connectivity index (χ4v) is 10.4. The third kappa shape index (κ3) is 7.56. The summed E-state index contributed by atoms with van der Waals surface area (Å²) in [7, 11) is 0. The molecule has 6 aromatic carbocycles. The average molecular weight is 1020 g/mol. The zero-order valence-corrected chi connectivity index (χ0v) is 37.1. The number of imidazole rings is 1.